The zero-order valence-electron chi connectivity index (χ0n) is 15.5. The lowest BCUT2D eigenvalue weighted by Gasteiger charge is -2.41. The molecular weight excluding hydrogens is 344 g/mol. The molecule has 0 bridgehead atoms. The van der Waals surface area contributed by atoms with Crippen molar-refractivity contribution >= 4 is 22.6 Å². The summed E-state index contributed by atoms with van der Waals surface area (Å²) in [5.41, 5.74) is 0.168. The van der Waals surface area contributed by atoms with Gasteiger partial charge in [0, 0.05) is 38.5 Å². The molecule has 3 heterocycles. The molecule has 2 aromatic rings. The lowest BCUT2D eigenvalue weighted by molar-refractivity contribution is -0.129. The second-order valence-electron chi connectivity index (χ2n) is 7.80. The number of benzene rings is 1. The molecule has 2 amide bonds. The highest BCUT2D eigenvalue weighted by Gasteiger charge is 2.38. The van der Waals surface area contributed by atoms with Gasteiger partial charge in [0.15, 0.2) is 5.69 Å². The highest BCUT2D eigenvalue weighted by Crippen LogP contribution is 2.41. The van der Waals surface area contributed by atoms with Crippen LogP contribution in [0.25, 0.3) is 10.8 Å². The van der Waals surface area contributed by atoms with Crippen molar-refractivity contribution in [2.45, 2.75) is 32.1 Å². The number of amides is 2. The van der Waals surface area contributed by atoms with Crippen LogP contribution in [0.3, 0.4) is 0 Å². The molecule has 2 fully saturated rings. The summed E-state index contributed by atoms with van der Waals surface area (Å²) < 4.78 is 0. The smallest absolute Gasteiger partial charge is 0.274 e. The molecule has 7 heteroatoms. The van der Waals surface area contributed by atoms with E-state index in [1.165, 1.54) is 0 Å². The quantitative estimate of drug-likeness (QED) is 0.831. The molecular formula is C20H24N4O3. The monoisotopic (exact) mass is 368 g/mol. The Kier molecular flexibility index (Phi) is 4.45. The molecule has 27 heavy (non-hydrogen) atoms. The number of H-pyrrole nitrogens is 1. The SMILES string of the molecule is CN1CCC2(CCC1=O)CCN(C(=O)c1n[nH]c(=O)c3ccccc13)CC2. The first kappa shape index (κ1) is 17.7. The third kappa shape index (κ3) is 3.22. The highest BCUT2D eigenvalue weighted by molar-refractivity contribution is 6.04. The number of aromatic amines is 1. The fraction of sp³-hybridized carbons (Fsp3) is 0.500. The van der Waals surface area contributed by atoms with Crippen LogP contribution in [0.4, 0.5) is 0 Å². The largest absolute Gasteiger partial charge is 0.346 e. The van der Waals surface area contributed by atoms with Gasteiger partial charge in [0.1, 0.15) is 0 Å². The number of aromatic nitrogens is 2. The predicted molar refractivity (Wildman–Crippen MR) is 101 cm³/mol. The normalized spacial score (nSPS) is 20.1. The van der Waals surface area contributed by atoms with E-state index in [4.69, 9.17) is 0 Å². The van der Waals surface area contributed by atoms with Crippen molar-refractivity contribution in [3.05, 3.63) is 40.3 Å². The van der Waals surface area contributed by atoms with Gasteiger partial charge < -0.3 is 9.80 Å². The Hall–Kier alpha value is -2.70. The van der Waals surface area contributed by atoms with E-state index in [1.54, 1.807) is 18.2 Å². The summed E-state index contributed by atoms with van der Waals surface area (Å²) in [4.78, 5) is 40.6. The maximum Gasteiger partial charge on any atom is 0.274 e. The number of carbonyl (C=O) groups is 2. The van der Waals surface area contributed by atoms with E-state index in [9.17, 15) is 14.4 Å². The van der Waals surface area contributed by atoms with Crippen LogP contribution in [0.1, 0.15) is 42.6 Å². The number of hydrogen-bond acceptors (Lipinski definition) is 4. The van der Waals surface area contributed by atoms with Crippen LogP contribution in [-0.4, -0.2) is 58.5 Å². The van der Waals surface area contributed by atoms with E-state index in [0.29, 0.717) is 36.0 Å². The highest BCUT2D eigenvalue weighted by atomic mass is 16.2. The van der Waals surface area contributed by atoms with Gasteiger partial charge >= 0.3 is 0 Å². The Morgan fingerprint density at radius 3 is 2.44 bits per heavy atom. The standard InChI is InChI=1S/C20H24N4O3/c1-23-11-8-20(7-6-16(23)25)9-12-24(13-10-20)19(27)17-14-4-2-3-5-15(14)18(26)22-21-17/h2-5H,6-13H2,1H3,(H,22,26). The zero-order valence-corrected chi connectivity index (χ0v) is 15.5. The maximum atomic E-state index is 13.0. The zero-order chi connectivity index (χ0) is 19.0. The number of nitrogens with zero attached hydrogens (tertiary/aromatic N) is 3. The topological polar surface area (TPSA) is 86.4 Å². The van der Waals surface area contributed by atoms with Crippen molar-refractivity contribution in [2.24, 2.45) is 5.41 Å². The summed E-state index contributed by atoms with van der Waals surface area (Å²) in [6, 6.07) is 7.06. The minimum absolute atomic E-state index is 0.140. The Labute approximate surface area is 157 Å². The number of piperidine rings is 1. The lowest BCUT2D eigenvalue weighted by atomic mass is 9.73. The maximum absolute atomic E-state index is 13.0. The number of nitrogens with one attached hydrogen (secondary N) is 1. The Morgan fingerprint density at radius 2 is 1.70 bits per heavy atom. The van der Waals surface area contributed by atoms with Crippen LogP contribution >= 0.6 is 0 Å². The van der Waals surface area contributed by atoms with Crippen molar-refractivity contribution < 1.29 is 9.59 Å². The first-order valence-corrected chi connectivity index (χ1v) is 9.50. The van der Waals surface area contributed by atoms with Gasteiger partial charge in [0.25, 0.3) is 11.5 Å². The summed E-state index contributed by atoms with van der Waals surface area (Å²) in [5.74, 6) is 0.0772. The van der Waals surface area contributed by atoms with Gasteiger partial charge in [-0.05, 0) is 37.2 Å². The molecule has 7 nitrogen and oxygen atoms in total. The minimum Gasteiger partial charge on any atom is -0.346 e. The molecule has 1 N–H and O–H groups in total. The molecule has 2 aliphatic heterocycles. The second kappa shape index (κ2) is 6.79. The van der Waals surface area contributed by atoms with Gasteiger partial charge in [-0.25, -0.2) is 5.10 Å². The van der Waals surface area contributed by atoms with Crippen LogP contribution in [0, 0.1) is 5.41 Å². The van der Waals surface area contributed by atoms with Crippen molar-refractivity contribution in [1.82, 2.24) is 20.0 Å². The van der Waals surface area contributed by atoms with Crippen LogP contribution < -0.4 is 5.56 Å². The molecule has 142 valence electrons. The predicted octanol–water partition coefficient (Wildman–Crippen LogP) is 1.79. The molecule has 0 saturated carbocycles. The molecule has 2 saturated heterocycles. The fourth-order valence-electron chi connectivity index (χ4n) is 4.33. The summed E-state index contributed by atoms with van der Waals surface area (Å²) in [5, 5.41) is 7.55. The van der Waals surface area contributed by atoms with E-state index < -0.39 is 0 Å². The van der Waals surface area contributed by atoms with E-state index in [-0.39, 0.29) is 22.8 Å². The Morgan fingerprint density at radius 1 is 1.04 bits per heavy atom. The lowest BCUT2D eigenvalue weighted by Crippen LogP contribution is -2.44. The molecule has 0 radical (unpaired) electrons. The number of fused-ring (bicyclic) bond motifs is 1. The van der Waals surface area contributed by atoms with Gasteiger partial charge in [-0.15, -0.1) is 0 Å². The van der Waals surface area contributed by atoms with Crippen LogP contribution in [0.2, 0.25) is 0 Å². The first-order chi connectivity index (χ1) is 13.0. The van der Waals surface area contributed by atoms with Crippen molar-refractivity contribution in [3.8, 4) is 0 Å². The molecule has 2 aliphatic rings. The van der Waals surface area contributed by atoms with E-state index in [2.05, 4.69) is 10.2 Å². The summed E-state index contributed by atoms with van der Waals surface area (Å²) in [6.45, 7) is 2.11. The first-order valence-electron chi connectivity index (χ1n) is 9.50. The van der Waals surface area contributed by atoms with Gasteiger partial charge in [0.2, 0.25) is 5.91 Å². The van der Waals surface area contributed by atoms with E-state index in [0.717, 1.165) is 32.2 Å². The van der Waals surface area contributed by atoms with Crippen molar-refractivity contribution in [2.75, 3.05) is 26.7 Å². The molecule has 1 aromatic heterocycles. The number of likely N-dealkylation sites (tertiary alicyclic amines) is 2. The average molecular weight is 368 g/mol. The molecule has 0 aliphatic carbocycles. The molecule has 0 unspecified atom stereocenters. The number of hydrogen-bond donors (Lipinski definition) is 1. The van der Waals surface area contributed by atoms with Gasteiger partial charge in [-0.3, -0.25) is 14.4 Å². The Bertz CT molecular complexity index is 944. The summed E-state index contributed by atoms with van der Waals surface area (Å²) in [6.07, 6.45) is 4.30. The number of rotatable bonds is 1. The summed E-state index contributed by atoms with van der Waals surface area (Å²) in [7, 11) is 1.87. The third-order valence-electron chi connectivity index (χ3n) is 6.28. The molecule has 0 atom stereocenters. The van der Waals surface area contributed by atoms with Crippen LogP contribution in [0.15, 0.2) is 29.1 Å². The average Bonchev–Trinajstić information content (AvgIpc) is 2.83. The van der Waals surface area contributed by atoms with Gasteiger partial charge in [0.05, 0.1) is 5.39 Å². The number of carbonyl (C=O) groups excluding carboxylic acids is 2. The van der Waals surface area contributed by atoms with E-state index >= 15 is 0 Å². The summed E-state index contributed by atoms with van der Waals surface area (Å²) >= 11 is 0. The minimum atomic E-state index is -0.285. The van der Waals surface area contributed by atoms with Crippen molar-refractivity contribution in [1.29, 1.82) is 0 Å². The molecule has 4 rings (SSSR count). The molecule has 1 aromatic carbocycles. The van der Waals surface area contributed by atoms with Crippen LogP contribution in [-0.2, 0) is 4.79 Å². The second-order valence-corrected chi connectivity index (χ2v) is 7.80. The Balaban J connectivity index is 1.52. The fourth-order valence-corrected chi connectivity index (χ4v) is 4.33. The van der Waals surface area contributed by atoms with Gasteiger partial charge in [-0.2, -0.15) is 5.10 Å². The van der Waals surface area contributed by atoms with Crippen LogP contribution in [0.5, 0.6) is 0 Å². The third-order valence-corrected chi connectivity index (χ3v) is 6.28. The van der Waals surface area contributed by atoms with E-state index in [1.807, 2.05) is 22.9 Å². The van der Waals surface area contributed by atoms with Crippen molar-refractivity contribution in [3.63, 3.8) is 0 Å². The molecule has 1 spiro atoms. The van der Waals surface area contributed by atoms with Gasteiger partial charge in [-0.1, -0.05) is 18.2 Å².